The maximum Gasteiger partial charge on any atom is 0.337 e. The van der Waals surface area contributed by atoms with Crippen molar-refractivity contribution >= 4 is 46.0 Å². The summed E-state index contributed by atoms with van der Waals surface area (Å²) in [6.45, 7) is 3.40. The van der Waals surface area contributed by atoms with Gasteiger partial charge in [-0.2, -0.15) is 0 Å². The van der Waals surface area contributed by atoms with Crippen LogP contribution in [0.15, 0.2) is 24.4 Å². The van der Waals surface area contributed by atoms with E-state index < -0.39 is 5.97 Å². The van der Waals surface area contributed by atoms with E-state index in [-0.39, 0.29) is 11.1 Å². The molecule has 3 rings (SSSR count). The number of halogens is 2. The molecule has 0 aliphatic heterocycles. The van der Waals surface area contributed by atoms with Gasteiger partial charge in [-0.15, -0.1) is 0 Å². The first-order chi connectivity index (χ1) is 14.6. The molecule has 7 nitrogen and oxygen atoms in total. The van der Waals surface area contributed by atoms with E-state index in [1.807, 2.05) is 33.0 Å². The van der Waals surface area contributed by atoms with Gasteiger partial charge in [-0.3, -0.25) is 0 Å². The van der Waals surface area contributed by atoms with Crippen LogP contribution in [0.5, 0.6) is 5.75 Å². The van der Waals surface area contributed by atoms with Crippen molar-refractivity contribution in [3.05, 3.63) is 45.6 Å². The van der Waals surface area contributed by atoms with Crippen molar-refractivity contribution < 1.29 is 14.6 Å². The number of carbonyl (C=O) groups is 1. The topological polar surface area (TPSA) is 78.8 Å². The van der Waals surface area contributed by atoms with Crippen LogP contribution >= 0.6 is 23.2 Å². The third-order valence-corrected chi connectivity index (χ3v) is 5.89. The molecule has 1 N–H and O–H groups in total. The summed E-state index contributed by atoms with van der Waals surface area (Å²) in [4.78, 5) is 25.0. The first-order valence-electron chi connectivity index (χ1n) is 9.57. The van der Waals surface area contributed by atoms with Crippen molar-refractivity contribution in [2.24, 2.45) is 0 Å². The molecular formula is C22H24Cl2N4O3. The zero-order valence-electron chi connectivity index (χ0n) is 18.0. The molecule has 1 aromatic heterocycles. The molecule has 0 saturated carbocycles. The van der Waals surface area contributed by atoms with Crippen LogP contribution in [-0.4, -0.2) is 67.3 Å². The van der Waals surface area contributed by atoms with Crippen molar-refractivity contribution in [2.75, 3.05) is 46.2 Å². The molecule has 1 heterocycles. The number of anilines is 1. The summed E-state index contributed by atoms with van der Waals surface area (Å²) >= 11 is 13.3. The van der Waals surface area contributed by atoms with Gasteiger partial charge in [0.1, 0.15) is 17.1 Å². The average molecular weight is 463 g/mol. The molecule has 0 bridgehead atoms. The summed E-state index contributed by atoms with van der Waals surface area (Å²) in [6, 6.07) is 4.91. The maximum atomic E-state index is 11.8. The molecule has 2 aromatic carbocycles. The zero-order chi connectivity index (χ0) is 22.9. The number of likely N-dealkylation sites (N-methyl/N-ethyl adjacent to an activating group) is 2. The fourth-order valence-electron chi connectivity index (χ4n) is 3.24. The number of nitrogens with zero attached hydrogens (tertiary/aromatic N) is 4. The second-order valence-corrected chi connectivity index (χ2v) is 8.27. The minimum atomic E-state index is -1.08. The zero-order valence-corrected chi connectivity index (χ0v) is 19.5. The number of carboxylic acids is 1. The highest BCUT2D eigenvalue weighted by molar-refractivity contribution is 6.41. The van der Waals surface area contributed by atoms with Crippen molar-refractivity contribution in [1.82, 2.24) is 14.9 Å². The first-order valence-corrected chi connectivity index (χ1v) is 10.3. The van der Waals surface area contributed by atoms with Crippen molar-refractivity contribution in [3.8, 4) is 16.9 Å². The lowest BCUT2D eigenvalue weighted by atomic mass is 9.98. The van der Waals surface area contributed by atoms with E-state index in [1.165, 1.54) is 13.2 Å². The van der Waals surface area contributed by atoms with Gasteiger partial charge in [0.15, 0.2) is 0 Å². The number of hydrogen-bond donors (Lipinski definition) is 1. The van der Waals surface area contributed by atoms with Crippen LogP contribution in [0.1, 0.15) is 15.9 Å². The Bertz CT molecular complexity index is 1150. The van der Waals surface area contributed by atoms with Gasteiger partial charge in [0, 0.05) is 31.3 Å². The Morgan fingerprint density at radius 1 is 1.13 bits per heavy atom. The highest BCUT2D eigenvalue weighted by atomic mass is 35.5. The van der Waals surface area contributed by atoms with Crippen LogP contribution < -0.4 is 9.64 Å². The van der Waals surface area contributed by atoms with Crippen LogP contribution in [-0.2, 0) is 0 Å². The number of ether oxygens (including phenoxy) is 1. The van der Waals surface area contributed by atoms with E-state index in [4.69, 9.17) is 32.9 Å². The third kappa shape index (κ3) is 4.54. The summed E-state index contributed by atoms with van der Waals surface area (Å²) in [5.74, 6) is 0.00447. The van der Waals surface area contributed by atoms with Gasteiger partial charge in [-0.1, -0.05) is 29.3 Å². The number of fused-ring (bicyclic) bond motifs is 1. The SMILES string of the molecule is COc1cc(C)c(Cl)c(-c2ccc(C(=O)O)c3ncc(N(C)CCN(C)C)nc23)c1Cl. The quantitative estimate of drug-likeness (QED) is 0.548. The molecule has 31 heavy (non-hydrogen) atoms. The number of benzene rings is 2. The lowest BCUT2D eigenvalue weighted by Gasteiger charge is -2.21. The van der Waals surface area contributed by atoms with Crippen LogP contribution in [0.25, 0.3) is 22.2 Å². The number of methoxy groups -OCH3 is 1. The van der Waals surface area contributed by atoms with E-state index in [2.05, 4.69) is 9.88 Å². The Hall–Kier alpha value is -2.61. The minimum absolute atomic E-state index is 0.0561. The number of carboxylic acid groups (broad SMARTS) is 1. The highest BCUT2D eigenvalue weighted by Gasteiger charge is 2.22. The highest BCUT2D eigenvalue weighted by Crippen LogP contribution is 2.44. The van der Waals surface area contributed by atoms with Crippen LogP contribution in [0.4, 0.5) is 5.82 Å². The normalized spacial score (nSPS) is 11.2. The molecule has 9 heteroatoms. The molecule has 0 spiro atoms. The lowest BCUT2D eigenvalue weighted by molar-refractivity contribution is 0.0699. The lowest BCUT2D eigenvalue weighted by Crippen LogP contribution is -2.29. The van der Waals surface area contributed by atoms with Gasteiger partial charge in [0.25, 0.3) is 0 Å². The second kappa shape index (κ2) is 9.26. The number of aromatic nitrogens is 2. The Balaban J connectivity index is 2.30. The molecule has 3 aromatic rings. The number of hydrogen-bond acceptors (Lipinski definition) is 6. The predicted octanol–water partition coefficient (Wildman–Crippen LogP) is 4.62. The standard InChI is InChI=1S/C22H24Cl2N4O3/c1-12-10-15(31-5)19(24)17(18(12)23)13-6-7-14(22(29)30)20-21(13)26-16(11-25-20)28(4)9-8-27(2)3/h6-7,10-11H,8-9H2,1-5H3,(H,29,30). The molecule has 0 amide bonds. The molecule has 0 aliphatic carbocycles. The molecule has 0 radical (unpaired) electrons. The molecule has 164 valence electrons. The molecule has 0 unspecified atom stereocenters. The fourth-order valence-corrected chi connectivity index (χ4v) is 3.86. The van der Waals surface area contributed by atoms with Crippen molar-refractivity contribution in [2.45, 2.75) is 6.92 Å². The number of rotatable bonds is 7. The second-order valence-electron chi connectivity index (χ2n) is 7.51. The molecule has 0 atom stereocenters. The largest absolute Gasteiger partial charge is 0.495 e. The Morgan fingerprint density at radius 2 is 1.84 bits per heavy atom. The summed E-state index contributed by atoms with van der Waals surface area (Å²) in [5.41, 5.74) is 2.63. The van der Waals surface area contributed by atoms with Gasteiger partial charge in [-0.25, -0.2) is 14.8 Å². The third-order valence-electron chi connectivity index (χ3n) is 5.03. The Morgan fingerprint density at radius 3 is 2.45 bits per heavy atom. The van der Waals surface area contributed by atoms with E-state index in [1.54, 1.807) is 18.3 Å². The summed E-state index contributed by atoms with van der Waals surface area (Å²) < 4.78 is 5.40. The summed E-state index contributed by atoms with van der Waals surface area (Å²) in [5, 5.41) is 10.4. The predicted molar refractivity (Wildman–Crippen MR) is 125 cm³/mol. The number of aromatic carboxylic acids is 1. The van der Waals surface area contributed by atoms with E-state index >= 15 is 0 Å². The van der Waals surface area contributed by atoms with Crippen LogP contribution in [0, 0.1) is 6.92 Å². The maximum absolute atomic E-state index is 11.8. The van der Waals surface area contributed by atoms with Gasteiger partial charge < -0.3 is 19.6 Å². The molecular weight excluding hydrogens is 439 g/mol. The Labute approximate surface area is 191 Å². The summed E-state index contributed by atoms with van der Waals surface area (Å²) in [6.07, 6.45) is 1.58. The van der Waals surface area contributed by atoms with Gasteiger partial charge in [0.05, 0.1) is 34.4 Å². The van der Waals surface area contributed by atoms with E-state index in [0.717, 1.165) is 18.7 Å². The first kappa shape index (κ1) is 23.1. The fraction of sp³-hybridized carbons (Fsp3) is 0.318. The summed E-state index contributed by atoms with van der Waals surface area (Å²) in [7, 11) is 7.43. The Kier molecular flexibility index (Phi) is 6.89. The van der Waals surface area contributed by atoms with Crippen molar-refractivity contribution in [1.29, 1.82) is 0 Å². The smallest absolute Gasteiger partial charge is 0.337 e. The minimum Gasteiger partial charge on any atom is -0.495 e. The van der Waals surface area contributed by atoms with Gasteiger partial charge >= 0.3 is 5.97 Å². The average Bonchev–Trinajstić information content (AvgIpc) is 2.74. The molecule has 0 aliphatic rings. The monoisotopic (exact) mass is 462 g/mol. The van der Waals surface area contributed by atoms with Gasteiger partial charge in [0.2, 0.25) is 0 Å². The van der Waals surface area contributed by atoms with Crippen LogP contribution in [0.3, 0.4) is 0 Å². The van der Waals surface area contributed by atoms with Crippen LogP contribution in [0.2, 0.25) is 10.0 Å². The van der Waals surface area contributed by atoms with Gasteiger partial charge in [-0.05, 0) is 38.7 Å². The number of aryl methyl sites for hydroxylation is 1. The van der Waals surface area contributed by atoms with E-state index in [9.17, 15) is 9.90 Å². The van der Waals surface area contributed by atoms with Crippen molar-refractivity contribution in [3.63, 3.8) is 0 Å². The molecule has 0 saturated heterocycles. The molecule has 0 fully saturated rings. The van der Waals surface area contributed by atoms with E-state index in [0.29, 0.717) is 38.3 Å².